The van der Waals surface area contributed by atoms with Gasteiger partial charge in [-0.25, -0.2) is 8.42 Å². The van der Waals surface area contributed by atoms with Gasteiger partial charge in [-0.1, -0.05) is 55.8 Å². The number of nitrogens with one attached hydrogen (secondary N) is 1. The molecule has 3 aromatic carbocycles. The molecular weight excluding hydrogens is 422 g/mol. The average molecular weight is 448 g/mol. The van der Waals surface area contributed by atoms with Crippen LogP contribution < -0.4 is 4.72 Å². The van der Waals surface area contributed by atoms with E-state index in [9.17, 15) is 13.2 Å². The summed E-state index contributed by atoms with van der Waals surface area (Å²) in [4.78, 5) is 13.2. The molecule has 0 atom stereocenters. The van der Waals surface area contributed by atoms with Crippen LogP contribution in [0.1, 0.15) is 47.5 Å². The number of sulfonamides is 1. The van der Waals surface area contributed by atoms with E-state index < -0.39 is 10.0 Å². The van der Waals surface area contributed by atoms with Crippen LogP contribution in [-0.4, -0.2) is 14.2 Å². The number of furan rings is 1. The van der Waals surface area contributed by atoms with Gasteiger partial charge >= 0.3 is 0 Å². The van der Waals surface area contributed by atoms with Crippen molar-refractivity contribution >= 4 is 43.2 Å². The molecule has 1 N–H and O–H groups in total. The number of aryl methyl sites for hydroxylation is 2. The Morgan fingerprint density at radius 2 is 1.66 bits per heavy atom. The minimum absolute atomic E-state index is 0.0356. The second-order valence-corrected chi connectivity index (χ2v) is 11.2. The van der Waals surface area contributed by atoms with Crippen molar-refractivity contribution in [1.82, 2.24) is 0 Å². The third-order valence-corrected chi connectivity index (χ3v) is 7.72. The lowest BCUT2D eigenvalue weighted by Crippen LogP contribution is -2.25. The predicted molar refractivity (Wildman–Crippen MR) is 127 cm³/mol. The molecule has 1 heterocycles. The summed E-state index contributed by atoms with van der Waals surface area (Å²) in [5.74, 6) is 0.717. The summed E-state index contributed by atoms with van der Waals surface area (Å²) in [6.07, 6.45) is 1.10. The lowest BCUT2D eigenvalue weighted by molar-refractivity contribution is 0.0906. The highest BCUT2D eigenvalue weighted by molar-refractivity contribution is 7.92. The van der Waals surface area contributed by atoms with Crippen molar-refractivity contribution in [3.05, 3.63) is 71.0 Å². The standard InChI is InChI=1S/C26H25NO4S/c1-15-9-10-23(16(2)11-15)32(29,30)27-20-12-19-24-21(28)13-26(3,4)14-22(24)31-25(19)18-8-6-5-7-17(18)20/h5-12,27H,13-14H2,1-4H3. The van der Waals surface area contributed by atoms with Crippen molar-refractivity contribution < 1.29 is 17.6 Å². The topological polar surface area (TPSA) is 76.4 Å². The molecule has 0 aliphatic heterocycles. The third-order valence-electron chi connectivity index (χ3n) is 6.19. The molecule has 6 heteroatoms. The van der Waals surface area contributed by atoms with Crippen LogP contribution in [0, 0.1) is 19.3 Å². The highest BCUT2D eigenvalue weighted by Crippen LogP contribution is 2.43. The van der Waals surface area contributed by atoms with Gasteiger partial charge in [-0.3, -0.25) is 9.52 Å². The zero-order valence-electron chi connectivity index (χ0n) is 18.6. The number of ketones is 1. The van der Waals surface area contributed by atoms with E-state index in [0.717, 1.165) is 16.3 Å². The van der Waals surface area contributed by atoms with Crippen LogP contribution in [0.5, 0.6) is 0 Å². The zero-order valence-corrected chi connectivity index (χ0v) is 19.4. The van der Waals surface area contributed by atoms with Crippen LogP contribution in [0.4, 0.5) is 5.69 Å². The maximum Gasteiger partial charge on any atom is 0.262 e. The van der Waals surface area contributed by atoms with Crippen molar-refractivity contribution in [2.75, 3.05) is 4.72 Å². The van der Waals surface area contributed by atoms with E-state index in [0.29, 0.717) is 46.4 Å². The second-order valence-electron chi connectivity index (χ2n) is 9.56. The number of hydrogen-bond acceptors (Lipinski definition) is 4. The zero-order chi connectivity index (χ0) is 22.8. The molecular formula is C26H25NO4S. The van der Waals surface area contributed by atoms with Crippen molar-refractivity contribution in [3.63, 3.8) is 0 Å². The molecule has 1 aromatic heterocycles. The van der Waals surface area contributed by atoms with E-state index >= 15 is 0 Å². The van der Waals surface area contributed by atoms with Gasteiger partial charge in [-0.2, -0.15) is 0 Å². The Hall–Kier alpha value is -3.12. The van der Waals surface area contributed by atoms with Crippen LogP contribution in [0.25, 0.3) is 21.7 Å². The minimum atomic E-state index is -3.82. The van der Waals surface area contributed by atoms with Gasteiger partial charge in [0.05, 0.1) is 16.1 Å². The first kappa shape index (κ1) is 20.8. The Labute approximate surface area is 187 Å². The number of hydrogen-bond donors (Lipinski definition) is 1. The number of Topliss-reactive ketones (excluding diaryl/α,β-unsaturated/α-hetero) is 1. The molecule has 5 rings (SSSR count). The number of rotatable bonds is 3. The summed E-state index contributed by atoms with van der Waals surface area (Å²) in [6, 6.07) is 14.5. The Morgan fingerprint density at radius 1 is 0.938 bits per heavy atom. The largest absolute Gasteiger partial charge is 0.460 e. The van der Waals surface area contributed by atoms with E-state index in [1.807, 2.05) is 37.3 Å². The van der Waals surface area contributed by atoms with E-state index in [-0.39, 0.29) is 16.1 Å². The van der Waals surface area contributed by atoms with Gasteiger partial charge in [-0.05, 0) is 37.0 Å². The molecule has 5 nitrogen and oxygen atoms in total. The maximum absolute atomic E-state index is 13.3. The Balaban J connectivity index is 1.73. The molecule has 0 amide bonds. The van der Waals surface area contributed by atoms with Gasteiger partial charge in [0.1, 0.15) is 11.3 Å². The highest BCUT2D eigenvalue weighted by Gasteiger charge is 2.36. The van der Waals surface area contributed by atoms with Crippen LogP contribution >= 0.6 is 0 Å². The molecule has 1 aliphatic carbocycles. The first-order valence-electron chi connectivity index (χ1n) is 10.7. The Morgan fingerprint density at radius 3 is 2.38 bits per heavy atom. The fraction of sp³-hybridized carbons (Fsp3) is 0.269. The first-order valence-corrected chi connectivity index (χ1v) is 12.1. The number of carbonyl (C=O) groups excluding carboxylic acids is 1. The summed E-state index contributed by atoms with van der Waals surface area (Å²) >= 11 is 0. The van der Waals surface area contributed by atoms with Gasteiger partial charge in [0.15, 0.2) is 5.78 Å². The van der Waals surface area contributed by atoms with Gasteiger partial charge < -0.3 is 4.42 Å². The molecule has 0 unspecified atom stereocenters. The molecule has 32 heavy (non-hydrogen) atoms. The van der Waals surface area contributed by atoms with E-state index in [2.05, 4.69) is 18.6 Å². The van der Waals surface area contributed by atoms with Gasteiger partial charge in [-0.15, -0.1) is 0 Å². The van der Waals surface area contributed by atoms with E-state index in [1.165, 1.54) is 0 Å². The van der Waals surface area contributed by atoms with Crippen LogP contribution in [0.3, 0.4) is 0 Å². The molecule has 0 spiro atoms. The molecule has 164 valence electrons. The van der Waals surface area contributed by atoms with E-state index in [1.54, 1.807) is 25.1 Å². The van der Waals surface area contributed by atoms with Crippen molar-refractivity contribution in [2.24, 2.45) is 5.41 Å². The second kappa shape index (κ2) is 6.94. The minimum Gasteiger partial charge on any atom is -0.460 e. The number of benzene rings is 3. The van der Waals surface area contributed by atoms with Crippen molar-refractivity contribution in [2.45, 2.75) is 45.4 Å². The number of fused-ring (bicyclic) bond motifs is 5. The molecule has 0 radical (unpaired) electrons. The molecule has 0 saturated carbocycles. The van der Waals surface area contributed by atoms with Crippen LogP contribution in [-0.2, 0) is 16.4 Å². The lowest BCUT2D eigenvalue weighted by Gasteiger charge is -2.27. The lowest BCUT2D eigenvalue weighted by atomic mass is 9.76. The van der Waals surface area contributed by atoms with Crippen LogP contribution in [0.15, 0.2) is 57.8 Å². The summed E-state index contributed by atoms with van der Waals surface area (Å²) in [7, 11) is -3.82. The molecule has 1 aliphatic rings. The SMILES string of the molecule is Cc1ccc(S(=O)(=O)Nc2cc3c4c(oc3c3ccccc23)CC(C)(C)CC4=O)c(C)c1. The first-order chi connectivity index (χ1) is 15.1. The average Bonchev–Trinajstić information content (AvgIpc) is 3.04. The molecule has 0 bridgehead atoms. The summed E-state index contributed by atoms with van der Waals surface area (Å²) in [5.41, 5.74) is 3.17. The van der Waals surface area contributed by atoms with Gasteiger partial charge in [0.2, 0.25) is 0 Å². The Bertz CT molecular complexity index is 1530. The van der Waals surface area contributed by atoms with E-state index in [4.69, 9.17) is 4.42 Å². The highest BCUT2D eigenvalue weighted by atomic mass is 32.2. The Kier molecular flexibility index (Phi) is 4.50. The normalized spacial score (nSPS) is 15.8. The van der Waals surface area contributed by atoms with Crippen molar-refractivity contribution in [1.29, 1.82) is 0 Å². The summed E-state index contributed by atoms with van der Waals surface area (Å²) in [6.45, 7) is 7.83. The van der Waals surface area contributed by atoms with Gasteiger partial charge in [0, 0.05) is 29.0 Å². The summed E-state index contributed by atoms with van der Waals surface area (Å²) in [5, 5.41) is 2.17. The monoisotopic (exact) mass is 447 g/mol. The molecule has 4 aromatic rings. The third kappa shape index (κ3) is 3.30. The smallest absolute Gasteiger partial charge is 0.262 e. The van der Waals surface area contributed by atoms with Gasteiger partial charge in [0.25, 0.3) is 10.0 Å². The predicted octanol–water partition coefficient (Wildman–Crippen LogP) is 6.16. The fourth-order valence-electron chi connectivity index (χ4n) is 4.80. The number of anilines is 1. The summed E-state index contributed by atoms with van der Waals surface area (Å²) < 4.78 is 35.6. The number of carbonyl (C=O) groups is 1. The fourth-order valence-corrected chi connectivity index (χ4v) is 6.10. The maximum atomic E-state index is 13.3. The van der Waals surface area contributed by atoms with Crippen LogP contribution in [0.2, 0.25) is 0 Å². The molecule has 0 fully saturated rings. The quantitative estimate of drug-likeness (QED) is 0.408. The van der Waals surface area contributed by atoms with Crippen molar-refractivity contribution in [3.8, 4) is 0 Å². The molecule has 0 saturated heterocycles.